The van der Waals surface area contributed by atoms with Crippen molar-refractivity contribution >= 4 is 0 Å². The molecular formula is C20H26N2O6. The van der Waals surface area contributed by atoms with Crippen molar-refractivity contribution in [2.75, 3.05) is 46.2 Å². The Morgan fingerprint density at radius 2 is 1.00 bits per heavy atom. The average Bonchev–Trinajstić information content (AvgIpc) is 2.68. The van der Waals surface area contributed by atoms with Crippen LogP contribution < -0.4 is 30.4 Å². The number of benzene rings is 2. The first-order chi connectivity index (χ1) is 13.6. The first-order valence-electron chi connectivity index (χ1n) is 9.13. The molecule has 0 atom stereocenters. The van der Waals surface area contributed by atoms with Gasteiger partial charge in [0.05, 0.1) is 19.8 Å². The molecule has 0 amide bonds. The van der Waals surface area contributed by atoms with Gasteiger partial charge >= 0.3 is 0 Å². The summed E-state index contributed by atoms with van der Waals surface area (Å²) in [6.45, 7) is 2.15. The van der Waals surface area contributed by atoms with Gasteiger partial charge in [0.15, 0.2) is 23.0 Å². The number of hydrogen-bond donors (Lipinski definition) is 2. The Labute approximate surface area is 164 Å². The van der Waals surface area contributed by atoms with Gasteiger partial charge in [-0.2, -0.15) is 0 Å². The summed E-state index contributed by atoms with van der Waals surface area (Å²) in [6.07, 6.45) is 0. The van der Waals surface area contributed by atoms with Crippen LogP contribution in [0, 0.1) is 0 Å². The summed E-state index contributed by atoms with van der Waals surface area (Å²) < 4.78 is 33.9. The lowest BCUT2D eigenvalue weighted by molar-refractivity contribution is -0.0281. The maximum absolute atomic E-state index is 6.01. The van der Waals surface area contributed by atoms with E-state index in [2.05, 4.69) is 0 Å². The van der Waals surface area contributed by atoms with Gasteiger partial charge in [0, 0.05) is 0 Å². The molecule has 4 N–H and O–H groups in total. The van der Waals surface area contributed by atoms with Gasteiger partial charge in [0.25, 0.3) is 0 Å². The third kappa shape index (κ3) is 6.28. The number of hydrogen-bond acceptors (Lipinski definition) is 8. The minimum atomic E-state index is -1.51. The van der Waals surface area contributed by atoms with E-state index in [4.69, 9.17) is 39.9 Å². The predicted molar refractivity (Wildman–Crippen MR) is 103 cm³/mol. The Bertz CT molecular complexity index is 740. The van der Waals surface area contributed by atoms with E-state index in [1.54, 1.807) is 12.1 Å². The van der Waals surface area contributed by atoms with Gasteiger partial charge in [-0.25, -0.2) is 0 Å². The van der Waals surface area contributed by atoms with Crippen LogP contribution in [0.1, 0.15) is 0 Å². The van der Waals surface area contributed by atoms with Crippen molar-refractivity contribution in [1.82, 2.24) is 0 Å². The molecule has 0 aromatic heterocycles. The van der Waals surface area contributed by atoms with E-state index >= 15 is 0 Å². The van der Waals surface area contributed by atoms with Gasteiger partial charge in [-0.05, 0) is 24.3 Å². The standard InChI is InChI=1S/C20H26N2O6/c21-20(22)15-24-11-14-26-17-6-2-1-5-16(17)25-12-9-23-10-13-27-18-7-3-4-8-19(18)28-20/h1-8H,9-15,21-22H2. The molecule has 3 rings (SSSR count). The molecule has 1 aliphatic heterocycles. The molecule has 0 unspecified atom stereocenters. The molecule has 0 saturated carbocycles. The molecule has 2 aromatic carbocycles. The SMILES string of the molecule is NC1(N)COCCOc2ccccc2OCCOCCOc2ccccc2O1. The Hall–Kier alpha value is -2.52. The number of nitrogens with two attached hydrogens (primary N) is 2. The summed E-state index contributed by atoms with van der Waals surface area (Å²) in [5.41, 5.74) is 12.0. The Kier molecular flexibility index (Phi) is 7.32. The van der Waals surface area contributed by atoms with Gasteiger partial charge in [0.1, 0.15) is 26.4 Å². The third-order valence-electron chi connectivity index (χ3n) is 3.78. The monoisotopic (exact) mass is 390 g/mol. The zero-order chi connectivity index (χ0) is 19.7. The Balaban J connectivity index is 1.65. The predicted octanol–water partition coefficient (Wildman–Crippen LogP) is 1.52. The van der Waals surface area contributed by atoms with Crippen LogP contribution >= 0.6 is 0 Å². The van der Waals surface area contributed by atoms with E-state index < -0.39 is 5.85 Å². The number of rotatable bonds is 0. The maximum Gasteiger partial charge on any atom is 0.236 e. The Morgan fingerprint density at radius 1 is 0.571 bits per heavy atom. The van der Waals surface area contributed by atoms with E-state index in [0.29, 0.717) is 56.0 Å². The van der Waals surface area contributed by atoms with Crippen molar-refractivity contribution in [3.05, 3.63) is 48.5 Å². The van der Waals surface area contributed by atoms with Gasteiger partial charge in [-0.15, -0.1) is 0 Å². The van der Waals surface area contributed by atoms with E-state index in [9.17, 15) is 0 Å². The van der Waals surface area contributed by atoms with Gasteiger partial charge in [0.2, 0.25) is 5.85 Å². The van der Waals surface area contributed by atoms with Crippen LogP contribution in [0.5, 0.6) is 23.0 Å². The highest BCUT2D eigenvalue weighted by Crippen LogP contribution is 2.28. The number of ether oxygens (including phenoxy) is 6. The highest BCUT2D eigenvalue weighted by molar-refractivity contribution is 5.40. The fourth-order valence-electron chi connectivity index (χ4n) is 2.54. The van der Waals surface area contributed by atoms with Crippen LogP contribution in [0.25, 0.3) is 0 Å². The molecule has 28 heavy (non-hydrogen) atoms. The maximum atomic E-state index is 6.01. The molecule has 1 heterocycles. The quantitative estimate of drug-likeness (QED) is 0.652. The highest BCUT2D eigenvalue weighted by Gasteiger charge is 2.23. The van der Waals surface area contributed by atoms with Crippen molar-refractivity contribution in [3.8, 4) is 23.0 Å². The zero-order valence-corrected chi connectivity index (χ0v) is 15.7. The molecule has 0 fully saturated rings. The van der Waals surface area contributed by atoms with Crippen LogP contribution in [0.15, 0.2) is 48.5 Å². The normalized spacial score (nSPS) is 18.5. The second-order valence-corrected chi connectivity index (χ2v) is 6.16. The molecule has 8 heteroatoms. The van der Waals surface area contributed by atoms with Crippen LogP contribution in [-0.2, 0) is 9.47 Å². The summed E-state index contributed by atoms with van der Waals surface area (Å²) in [5, 5.41) is 0. The van der Waals surface area contributed by atoms with Crippen LogP contribution in [-0.4, -0.2) is 52.1 Å². The van der Waals surface area contributed by atoms with E-state index in [1.165, 1.54) is 0 Å². The fraction of sp³-hybridized carbons (Fsp3) is 0.400. The molecule has 2 aromatic rings. The summed E-state index contributed by atoms with van der Waals surface area (Å²) in [6, 6.07) is 14.6. The van der Waals surface area contributed by atoms with Gasteiger partial charge in [-0.1, -0.05) is 24.3 Å². The van der Waals surface area contributed by atoms with E-state index in [0.717, 1.165) is 0 Å². The summed E-state index contributed by atoms with van der Waals surface area (Å²) in [4.78, 5) is 0. The Morgan fingerprint density at radius 3 is 1.54 bits per heavy atom. The lowest BCUT2D eigenvalue weighted by atomic mass is 10.3. The molecule has 1 aliphatic rings. The largest absolute Gasteiger partial charge is 0.487 e. The molecule has 8 nitrogen and oxygen atoms in total. The van der Waals surface area contributed by atoms with E-state index in [1.807, 2.05) is 36.4 Å². The van der Waals surface area contributed by atoms with Crippen molar-refractivity contribution < 1.29 is 28.4 Å². The smallest absolute Gasteiger partial charge is 0.236 e. The third-order valence-corrected chi connectivity index (χ3v) is 3.78. The molecular weight excluding hydrogens is 364 g/mol. The molecule has 0 spiro atoms. The molecule has 0 saturated heterocycles. The first kappa shape index (κ1) is 20.2. The molecule has 0 radical (unpaired) electrons. The summed E-state index contributed by atoms with van der Waals surface area (Å²) in [5.74, 6) is 0.731. The molecule has 152 valence electrons. The second kappa shape index (κ2) is 10.1. The zero-order valence-electron chi connectivity index (χ0n) is 15.7. The highest BCUT2D eigenvalue weighted by atomic mass is 16.6. The van der Waals surface area contributed by atoms with Crippen molar-refractivity contribution in [3.63, 3.8) is 0 Å². The lowest BCUT2D eigenvalue weighted by Gasteiger charge is -2.26. The van der Waals surface area contributed by atoms with Crippen LogP contribution in [0.4, 0.5) is 0 Å². The van der Waals surface area contributed by atoms with E-state index in [-0.39, 0.29) is 13.2 Å². The number of para-hydroxylation sites is 4. The van der Waals surface area contributed by atoms with Crippen LogP contribution in [0.2, 0.25) is 0 Å². The van der Waals surface area contributed by atoms with Crippen molar-refractivity contribution in [1.29, 1.82) is 0 Å². The molecule has 0 bridgehead atoms. The minimum absolute atomic E-state index is 0.0219. The minimum Gasteiger partial charge on any atom is -0.487 e. The average molecular weight is 390 g/mol. The van der Waals surface area contributed by atoms with Crippen LogP contribution in [0.3, 0.4) is 0 Å². The van der Waals surface area contributed by atoms with Crippen molar-refractivity contribution in [2.24, 2.45) is 11.5 Å². The van der Waals surface area contributed by atoms with Crippen molar-refractivity contribution in [2.45, 2.75) is 5.85 Å². The number of fused-ring (bicyclic) bond motifs is 2. The molecule has 0 aliphatic carbocycles. The summed E-state index contributed by atoms with van der Waals surface area (Å²) in [7, 11) is 0. The topological polar surface area (TPSA) is 107 Å². The van der Waals surface area contributed by atoms with Gasteiger partial charge < -0.3 is 28.4 Å². The fourth-order valence-corrected chi connectivity index (χ4v) is 2.54. The summed E-state index contributed by atoms with van der Waals surface area (Å²) >= 11 is 0. The lowest BCUT2D eigenvalue weighted by Crippen LogP contribution is -2.58. The first-order valence-corrected chi connectivity index (χ1v) is 9.13. The second-order valence-electron chi connectivity index (χ2n) is 6.16. The van der Waals surface area contributed by atoms with Gasteiger partial charge in [-0.3, -0.25) is 11.5 Å².